The Hall–Kier alpha value is -7.72. The molecule has 0 fully saturated rings. The molecule has 0 amide bonds. The highest BCUT2D eigenvalue weighted by atomic mass is 32.1. The van der Waals surface area contributed by atoms with E-state index in [0.29, 0.717) is 5.82 Å². The van der Waals surface area contributed by atoms with Crippen LogP contribution in [-0.2, 0) is 5.41 Å². The molecule has 2 nitrogen and oxygen atoms in total. The lowest BCUT2D eigenvalue weighted by molar-refractivity contribution is 0.768. The molecule has 12 rings (SSSR count). The van der Waals surface area contributed by atoms with Gasteiger partial charge in [0.15, 0.2) is 5.82 Å². The second kappa shape index (κ2) is 14.8. The van der Waals surface area contributed by atoms with Gasteiger partial charge >= 0.3 is 0 Å². The van der Waals surface area contributed by atoms with Gasteiger partial charge in [-0.05, 0) is 73.8 Å². The Balaban J connectivity index is 0.997. The van der Waals surface area contributed by atoms with Crippen LogP contribution in [0.3, 0.4) is 0 Å². The third-order valence-electron chi connectivity index (χ3n) is 12.6. The molecule has 1 aliphatic carbocycles. The summed E-state index contributed by atoms with van der Waals surface area (Å²) in [5.41, 5.74) is 16.6. The van der Waals surface area contributed by atoms with Crippen LogP contribution in [0.1, 0.15) is 22.3 Å². The zero-order valence-corrected chi connectivity index (χ0v) is 34.6. The predicted molar refractivity (Wildman–Crippen MR) is 259 cm³/mol. The smallest absolute Gasteiger partial charge is 0.160 e. The molecule has 0 radical (unpaired) electrons. The summed E-state index contributed by atoms with van der Waals surface area (Å²) in [6, 6.07) is 83.3. The number of hydrogen-bond acceptors (Lipinski definition) is 3. The van der Waals surface area contributed by atoms with Crippen molar-refractivity contribution in [1.29, 1.82) is 0 Å². The maximum atomic E-state index is 5.39. The lowest BCUT2D eigenvalue weighted by atomic mass is 9.67. The molecule has 2 heterocycles. The Morgan fingerprint density at radius 2 is 0.887 bits per heavy atom. The lowest BCUT2D eigenvalue weighted by Gasteiger charge is -2.33. The summed E-state index contributed by atoms with van der Waals surface area (Å²) < 4.78 is 2.65. The fourth-order valence-electron chi connectivity index (χ4n) is 9.83. The number of aromatic nitrogens is 2. The van der Waals surface area contributed by atoms with Gasteiger partial charge in [0.25, 0.3) is 0 Å². The van der Waals surface area contributed by atoms with E-state index >= 15 is 0 Å². The molecular weight excluding hydrogens is 769 g/mol. The van der Waals surface area contributed by atoms with Crippen molar-refractivity contribution in [3.05, 3.63) is 253 Å². The average molecular weight is 807 g/mol. The fraction of sp³-hybridized carbons (Fsp3) is 0.0169. The highest BCUT2D eigenvalue weighted by Crippen LogP contribution is 2.58. The van der Waals surface area contributed by atoms with Crippen molar-refractivity contribution in [2.75, 3.05) is 0 Å². The highest BCUT2D eigenvalue weighted by molar-refractivity contribution is 7.26. The Kier molecular flexibility index (Phi) is 8.62. The van der Waals surface area contributed by atoms with Gasteiger partial charge in [-0.3, -0.25) is 0 Å². The second-order valence-corrected chi connectivity index (χ2v) is 17.1. The average Bonchev–Trinajstić information content (AvgIpc) is 3.89. The predicted octanol–water partition coefficient (Wildman–Crippen LogP) is 15.5. The number of nitrogens with zero attached hydrogens (tertiary/aromatic N) is 2. The van der Waals surface area contributed by atoms with Crippen LogP contribution in [0.25, 0.3) is 87.5 Å². The summed E-state index contributed by atoms with van der Waals surface area (Å²) in [5, 5.41) is 2.63. The van der Waals surface area contributed by atoms with Crippen molar-refractivity contribution in [2.45, 2.75) is 5.41 Å². The second-order valence-electron chi connectivity index (χ2n) is 16.0. The van der Waals surface area contributed by atoms with Crippen molar-refractivity contribution in [1.82, 2.24) is 9.97 Å². The van der Waals surface area contributed by atoms with E-state index in [0.717, 1.165) is 39.2 Å². The van der Waals surface area contributed by atoms with Gasteiger partial charge in [-0.2, -0.15) is 0 Å². The first kappa shape index (κ1) is 36.2. The molecule has 290 valence electrons. The van der Waals surface area contributed by atoms with E-state index in [1.54, 1.807) is 0 Å². The van der Waals surface area contributed by atoms with Crippen molar-refractivity contribution >= 4 is 31.5 Å². The topological polar surface area (TPSA) is 25.8 Å². The zero-order valence-electron chi connectivity index (χ0n) is 33.7. The molecule has 9 aromatic carbocycles. The molecule has 0 saturated heterocycles. The monoisotopic (exact) mass is 806 g/mol. The highest BCUT2D eigenvalue weighted by Gasteiger charge is 2.46. The van der Waals surface area contributed by atoms with Gasteiger partial charge in [-0.15, -0.1) is 11.3 Å². The third kappa shape index (κ3) is 5.78. The van der Waals surface area contributed by atoms with E-state index in [9.17, 15) is 0 Å². The standard InChI is InChI=1S/C59H38N2S/c1-4-17-41(18-5-1)58-60-53(43-20-14-19-42(37-43)39-33-35-40(36-34-39)46-27-15-28-48-47-25-11-13-32-55(47)62-57(46)48)38-54(61-58)50-29-16-31-52-56(50)49-26-10-12-30-51(49)59(52,44-21-6-2-7-22-44)45-23-8-3-9-24-45/h1-38H. The minimum absolute atomic E-state index is 0.503. The van der Waals surface area contributed by atoms with Crippen LogP contribution in [0.2, 0.25) is 0 Å². The first-order chi connectivity index (χ1) is 30.7. The van der Waals surface area contributed by atoms with Gasteiger partial charge in [-0.25, -0.2) is 9.97 Å². The van der Waals surface area contributed by atoms with Gasteiger partial charge in [0.1, 0.15) is 0 Å². The van der Waals surface area contributed by atoms with Crippen LogP contribution in [0.5, 0.6) is 0 Å². The van der Waals surface area contributed by atoms with Crippen molar-refractivity contribution in [2.24, 2.45) is 0 Å². The normalized spacial score (nSPS) is 12.6. The van der Waals surface area contributed by atoms with Gasteiger partial charge in [-0.1, -0.05) is 212 Å². The maximum absolute atomic E-state index is 5.39. The molecule has 0 N–H and O–H groups in total. The van der Waals surface area contributed by atoms with Crippen LogP contribution >= 0.6 is 11.3 Å². The summed E-state index contributed by atoms with van der Waals surface area (Å²) in [6.07, 6.45) is 0. The summed E-state index contributed by atoms with van der Waals surface area (Å²) in [4.78, 5) is 10.7. The van der Waals surface area contributed by atoms with Crippen LogP contribution in [0.4, 0.5) is 0 Å². The van der Waals surface area contributed by atoms with Gasteiger partial charge in [0, 0.05) is 36.9 Å². The molecule has 0 unspecified atom stereocenters. The van der Waals surface area contributed by atoms with Gasteiger partial charge < -0.3 is 0 Å². The molecule has 0 saturated carbocycles. The SMILES string of the molecule is c1ccc(-c2nc(-c3cccc(-c4ccc(-c5cccc6c5sc5ccccc56)cc4)c3)cc(-c3cccc4c3-c3ccccc3C4(c3ccccc3)c3ccccc3)n2)cc1. The molecule has 0 atom stereocenters. The van der Waals surface area contributed by atoms with Crippen LogP contribution in [-0.4, -0.2) is 9.97 Å². The largest absolute Gasteiger partial charge is 0.228 e. The van der Waals surface area contributed by atoms with Crippen LogP contribution < -0.4 is 0 Å². The summed E-state index contributed by atoms with van der Waals surface area (Å²) in [5.74, 6) is 0.699. The van der Waals surface area contributed by atoms with E-state index in [1.165, 1.54) is 64.7 Å². The van der Waals surface area contributed by atoms with Crippen LogP contribution in [0.15, 0.2) is 231 Å². The molecule has 2 aromatic heterocycles. The third-order valence-corrected chi connectivity index (χ3v) is 13.8. The minimum Gasteiger partial charge on any atom is -0.228 e. The van der Waals surface area contributed by atoms with Crippen molar-refractivity contribution in [3.8, 4) is 67.3 Å². The zero-order chi connectivity index (χ0) is 41.0. The maximum Gasteiger partial charge on any atom is 0.160 e. The number of fused-ring (bicyclic) bond motifs is 6. The van der Waals surface area contributed by atoms with E-state index in [4.69, 9.17) is 9.97 Å². The molecule has 62 heavy (non-hydrogen) atoms. The molecule has 3 heteroatoms. The Labute approximate surface area is 365 Å². The lowest BCUT2D eigenvalue weighted by Crippen LogP contribution is -2.28. The number of hydrogen-bond donors (Lipinski definition) is 0. The Bertz CT molecular complexity index is 3400. The minimum atomic E-state index is -0.503. The number of thiophene rings is 1. The summed E-state index contributed by atoms with van der Waals surface area (Å²) in [6.45, 7) is 0. The molecular formula is C59H38N2S. The molecule has 11 aromatic rings. The quantitative estimate of drug-likeness (QED) is 0.160. The van der Waals surface area contributed by atoms with Crippen LogP contribution in [0, 0.1) is 0 Å². The molecule has 1 aliphatic rings. The number of benzene rings is 9. The molecule has 0 bridgehead atoms. The first-order valence-corrected chi connectivity index (χ1v) is 22.0. The molecule has 0 aliphatic heterocycles. The molecule has 0 spiro atoms. The van der Waals surface area contributed by atoms with Gasteiger partial charge in [0.05, 0.1) is 16.8 Å². The number of rotatable bonds is 7. The van der Waals surface area contributed by atoms with Crippen molar-refractivity contribution in [3.63, 3.8) is 0 Å². The van der Waals surface area contributed by atoms with E-state index in [-0.39, 0.29) is 0 Å². The van der Waals surface area contributed by atoms with E-state index in [2.05, 4.69) is 224 Å². The Morgan fingerprint density at radius 3 is 1.68 bits per heavy atom. The Morgan fingerprint density at radius 1 is 0.339 bits per heavy atom. The fourth-order valence-corrected chi connectivity index (χ4v) is 11.1. The van der Waals surface area contributed by atoms with E-state index < -0.39 is 5.41 Å². The van der Waals surface area contributed by atoms with E-state index in [1.807, 2.05) is 17.4 Å². The first-order valence-electron chi connectivity index (χ1n) is 21.1. The van der Waals surface area contributed by atoms with Crippen molar-refractivity contribution < 1.29 is 0 Å². The van der Waals surface area contributed by atoms with Gasteiger partial charge in [0.2, 0.25) is 0 Å². The summed E-state index contributed by atoms with van der Waals surface area (Å²) >= 11 is 1.87. The summed E-state index contributed by atoms with van der Waals surface area (Å²) in [7, 11) is 0.